The van der Waals surface area contributed by atoms with Crippen LogP contribution in [0.5, 0.6) is 5.75 Å². The van der Waals surface area contributed by atoms with Gasteiger partial charge in [0.05, 0.1) is 0 Å². The number of carbonyl (C=O) groups excluding carboxylic acids is 2. The Morgan fingerprint density at radius 2 is 1.74 bits per heavy atom. The molecule has 1 atom stereocenters. The first kappa shape index (κ1) is 18.8. The summed E-state index contributed by atoms with van der Waals surface area (Å²) in [5.41, 5.74) is 0.394. The first-order valence-corrected chi connectivity index (χ1v) is 6.96. The highest BCUT2D eigenvalue weighted by Crippen LogP contribution is 2.20. The number of nitrogens with one attached hydrogen (secondary N) is 2. The fourth-order valence-corrected chi connectivity index (χ4v) is 1.77. The lowest BCUT2D eigenvalue weighted by atomic mass is 10.0. The average molecular weight is 332 g/mol. The van der Waals surface area contributed by atoms with E-state index in [1.165, 1.54) is 31.2 Å². The van der Waals surface area contributed by atoms with Gasteiger partial charge in [-0.05, 0) is 30.2 Å². The van der Waals surface area contributed by atoms with Crippen molar-refractivity contribution in [3.05, 3.63) is 24.3 Å². The van der Waals surface area contributed by atoms with Crippen molar-refractivity contribution in [3.8, 4) is 5.75 Å². The molecule has 0 fully saturated rings. The largest absolute Gasteiger partial charge is 0.484 e. The Balaban J connectivity index is 2.66. The van der Waals surface area contributed by atoms with Crippen molar-refractivity contribution in [2.75, 3.05) is 11.9 Å². The maximum absolute atomic E-state index is 12.1. The molecule has 0 aliphatic carbocycles. The van der Waals surface area contributed by atoms with Crippen LogP contribution in [0.4, 0.5) is 18.9 Å². The Morgan fingerprint density at radius 1 is 1.17 bits per heavy atom. The van der Waals surface area contributed by atoms with E-state index >= 15 is 0 Å². The summed E-state index contributed by atoms with van der Waals surface area (Å²) in [6.45, 7) is 3.51. The van der Waals surface area contributed by atoms with Gasteiger partial charge < -0.3 is 15.4 Å². The zero-order chi connectivity index (χ0) is 17.6. The summed E-state index contributed by atoms with van der Waals surface area (Å²) in [6, 6.07) is 4.80. The molecule has 0 spiro atoms. The van der Waals surface area contributed by atoms with Crippen LogP contribution in [0, 0.1) is 5.92 Å². The number of ether oxygens (including phenoxy) is 1. The second-order valence-corrected chi connectivity index (χ2v) is 5.34. The Labute approximate surface area is 132 Å². The van der Waals surface area contributed by atoms with E-state index < -0.39 is 24.7 Å². The number of hydrogen-bond donors (Lipinski definition) is 2. The van der Waals surface area contributed by atoms with Gasteiger partial charge in [-0.3, -0.25) is 9.59 Å². The highest BCUT2D eigenvalue weighted by atomic mass is 19.4. The van der Waals surface area contributed by atoms with Gasteiger partial charge in [-0.1, -0.05) is 13.8 Å². The van der Waals surface area contributed by atoms with Crippen LogP contribution in [0.15, 0.2) is 24.3 Å². The summed E-state index contributed by atoms with van der Waals surface area (Å²) in [5, 5.41) is 5.14. The predicted molar refractivity (Wildman–Crippen MR) is 79.1 cm³/mol. The predicted octanol–water partition coefficient (Wildman–Crippen LogP) is 2.73. The van der Waals surface area contributed by atoms with Crippen molar-refractivity contribution < 1.29 is 27.5 Å². The lowest BCUT2D eigenvalue weighted by Gasteiger charge is -2.21. The van der Waals surface area contributed by atoms with E-state index in [1.807, 2.05) is 0 Å². The molecule has 5 nitrogen and oxygen atoms in total. The normalized spacial score (nSPS) is 12.7. The number of anilines is 1. The van der Waals surface area contributed by atoms with Crippen LogP contribution in [0.25, 0.3) is 0 Å². The van der Waals surface area contributed by atoms with E-state index in [0.29, 0.717) is 5.69 Å². The van der Waals surface area contributed by atoms with Crippen molar-refractivity contribution >= 4 is 17.5 Å². The van der Waals surface area contributed by atoms with Crippen LogP contribution in [0.2, 0.25) is 0 Å². The maximum Gasteiger partial charge on any atom is 0.422 e. The number of rotatable bonds is 6. The second-order valence-electron chi connectivity index (χ2n) is 5.34. The molecule has 2 N–H and O–H groups in total. The summed E-state index contributed by atoms with van der Waals surface area (Å²) in [7, 11) is 0. The van der Waals surface area contributed by atoms with Crippen LogP contribution in [-0.4, -0.2) is 30.6 Å². The number of benzene rings is 1. The van der Waals surface area contributed by atoms with Gasteiger partial charge in [0.2, 0.25) is 11.8 Å². The molecular weight excluding hydrogens is 313 g/mol. The van der Waals surface area contributed by atoms with Gasteiger partial charge >= 0.3 is 6.18 Å². The highest BCUT2D eigenvalue weighted by molar-refractivity contribution is 5.97. The van der Waals surface area contributed by atoms with Crippen LogP contribution in [-0.2, 0) is 9.59 Å². The Hall–Kier alpha value is -2.25. The lowest BCUT2D eigenvalue weighted by molar-refractivity contribution is -0.153. The fraction of sp³-hybridized carbons (Fsp3) is 0.467. The Kier molecular flexibility index (Phi) is 6.41. The molecule has 1 rings (SSSR count). The monoisotopic (exact) mass is 332 g/mol. The van der Waals surface area contributed by atoms with Crippen molar-refractivity contribution in [3.63, 3.8) is 0 Å². The van der Waals surface area contributed by atoms with Gasteiger partial charge in [0, 0.05) is 12.6 Å². The molecule has 0 radical (unpaired) electrons. The van der Waals surface area contributed by atoms with E-state index in [-0.39, 0.29) is 17.6 Å². The van der Waals surface area contributed by atoms with Gasteiger partial charge in [0.25, 0.3) is 0 Å². The number of amides is 2. The van der Waals surface area contributed by atoms with E-state index in [0.717, 1.165) is 0 Å². The van der Waals surface area contributed by atoms with Crippen LogP contribution in [0.3, 0.4) is 0 Å². The molecule has 0 heterocycles. The molecule has 0 unspecified atom stereocenters. The topological polar surface area (TPSA) is 67.4 Å². The Bertz CT molecular complexity index is 542. The summed E-state index contributed by atoms with van der Waals surface area (Å²) in [5.74, 6) is -0.801. The average Bonchev–Trinajstić information content (AvgIpc) is 2.42. The number of alkyl halides is 3. The van der Waals surface area contributed by atoms with Gasteiger partial charge in [-0.15, -0.1) is 0 Å². The number of carbonyl (C=O) groups is 2. The van der Waals surface area contributed by atoms with E-state index in [4.69, 9.17) is 0 Å². The summed E-state index contributed by atoms with van der Waals surface area (Å²) in [6.07, 6.45) is -4.41. The molecule has 0 aliphatic heterocycles. The van der Waals surface area contributed by atoms with E-state index in [9.17, 15) is 22.8 Å². The van der Waals surface area contributed by atoms with E-state index in [2.05, 4.69) is 15.4 Å². The smallest absolute Gasteiger partial charge is 0.422 e. The van der Waals surface area contributed by atoms with Crippen molar-refractivity contribution in [2.45, 2.75) is 33.0 Å². The zero-order valence-corrected chi connectivity index (χ0v) is 13.0. The van der Waals surface area contributed by atoms with Crippen LogP contribution in [0.1, 0.15) is 20.8 Å². The van der Waals surface area contributed by atoms with Crippen molar-refractivity contribution in [1.29, 1.82) is 0 Å². The summed E-state index contributed by atoms with van der Waals surface area (Å²) in [4.78, 5) is 23.2. The minimum absolute atomic E-state index is 0.0441. The molecule has 128 valence electrons. The summed E-state index contributed by atoms with van der Waals surface area (Å²) < 4.78 is 40.7. The van der Waals surface area contributed by atoms with Gasteiger partial charge in [0.15, 0.2) is 6.61 Å². The SMILES string of the molecule is CC(=O)N[C@@H](C(=O)Nc1ccc(OCC(F)(F)F)cc1)C(C)C. The molecule has 2 amide bonds. The molecule has 0 saturated carbocycles. The minimum Gasteiger partial charge on any atom is -0.484 e. The molecule has 1 aromatic rings. The standard InChI is InChI=1S/C15H19F3N2O3/c1-9(2)13(19-10(3)21)14(22)20-11-4-6-12(7-5-11)23-8-15(16,17)18/h4-7,9,13H,8H2,1-3H3,(H,19,21)(H,20,22)/t13-/m1/s1. The van der Waals surface area contributed by atoms with Gasteiger partial charge in [0.1, 0.15) is 11.8 Å². The van der Waals surface area contributed by atoms with Crippen LogP contribution >= 0.6 is 0 Å². The third-order valence-corrected chi connectivity index (χ3v) is 2.83. The zero-order valence-electron chi connectivity index (χ0n) is 13.0. The van der Waals surface area contributed by atoms with Crippen molar-refractivity contribution in [2.24, 2.45) is 5.92 Å². The fourth-order valence-electron chi connectivity index (χ4n) is 1.77. The van der Waals surface area contributed by atoms with Gasteiger partial charge in [-0.25, -0.2) is 0 Å². The first-order chi connectivity index (χ1) is 10.6. The maximum atomic E-state index is 12.1. The molecule has 0 aromatic heterocycles. The first-order valence-electron chi connectivity index (χ1n) is 6.96. The van der Waals surface area contributed by atoms with Crippen molar-refractivity contribution in [1.82, 2.24) is 5.32 Å². The lowest BCUT2D eigenvalue weighted by Crippen LogP contribution is -2.46. The highest BCUT2D eigenvalue weighted by Gasteiger charge is 2.28. The molecule has 0 bridgehead atoms. The molecular formula is C15H19F3N2O3. The number of hydrogen-bond acceptors (Lipinski definition) is 3. The third kappa shape index (κ3) is 7.03. The molecule has 0 aliphatic rings. The molecule has 0 saturated heterocycles. The molecule has 8 heteroatoms. The van der Waals surface area contributed by atoms with E-state index in [1.54, 1.807) is 13.8 Å². The third-order valence-electron chi connectivity index (χ3n) is 2.83. The quantitative estimate of drug-likeness (QED) is 0.842. The molecule has 23 heavy (non-hydrogen) atoms. The van der Waals surface area contributed by atoms with Crippen LogP contribution < -0.4 is 15.4 Å². The second kappa shape index (κ2) is 7.85. The van der Waals surface area contributed by atoms with Gasteiger partial charge in [-0.2, -0.15) is 13.2 Å². The minimum atomic E-state index is -4.41. The Morgan fingerprint density at radius 3 is 2.17 bits per heavy atom. The molecule has 1 aromatic carbocycles. The summed E-state index contributed by atoms with van der Waals surface area (Å²) >= 11 is 0. The number of halogens is 3.